The molecule has 0 saturated heterocycles. The number of hydrogen-bond acceptors (Lipinski definition) is 2. The molecule has 1 aromatic carbocycles. The summed E-state index contributed by atoms with van der Waals surface area (Å²) in [5, 5.41) is 0. The van der Waals surface area contributed by atoms with Gasteiger partial charge in [-0.15, -0.1) is 0 Å². The van der Waals surface area contributed by atoms with Crippen LogP contribution in [0.2, 0.25) is 0 Å². The summed E-state index contributed by atoms with van der Waals surface area (Å²) in [5.41, 5.74) is 5.95. The summed E-state index contributed by atoms with van der Waals surface area (Å²) in [4.78, 5) is 0. The van der Waals surface area contributed by atoms with Crippen LogP contribution in [0.3, 0.4) is 0 Å². The Labute approximate surface area is 88.0 Å². The second-order valence-electron chi connectivity index (χ2n) is 3.38. The lowest BCUT2D eigenvalue weighted by atomic mass is 10.00. The molecular weight excluding hydrogens is 200 g/mol. The average molecular weight is 215 g/mol. The molecule has 0 aliphatic rings. The standard InChI is InChI=1S/C11H15F2NO/c1-3-15-11-9(7(2)6-14)4-8(12)5-10(11)13/h4-5,7H,3,6,14H2,1-2H3. The van der Waals surface area contributed by atoms with Crippen LogP contribution in [0.4, 0.5) is 8.78 Å². The monoisotopic (exact) mass is 215 g/mol. The van der Waals surface area contributed by atoms with E-state index in [-0.39, 0.29) is 11.7 Å². The highest BCUT2D eigenvalue weighted by atomic mass is 19.1. The maximum absolute atomic E-state index is 13.4. The molecule has 0 spiro atoms. The van der Waals surface area contributed by atoms with Gasteiger partial charge in [0.05, 0.1) is 6.61 Å². The zero-order valence-electron chi connectivity index (χ0n) is 8.89. The van der Waals surface area contributed by atoms with Crippen LogP contribution in [0.25, 0.3) is 0 Å². The zero-order valence-corrected chi connectivity index (χ0v) is 8.89. The van der Waals surface area contributed by atoms with E-state index in [2.05, 4.69) is 0 Å². The van der Waals surface area contributed by atoms with Gasteiger partial charge in [0.15, 0.2) is 11.6 Å². The van der Waals surface area contributed by atoms with Crippen LogP contribution in [0.15, 0.2) is 12.1 Å². The number of nitrogens with two attached hydrogens (primary N) is 1. The van der Waals surface area contributed by atoms with Gasteiger partial charge in [-0.05, 0) is 25.5 Å². The maximum atomic E-state index is 13.4. The summed E-state index contributed by atoms with van der Waals surface area (Å²) in [6.07, 6.45) is 0. The van der Waals surface area contributed by atoms with Crippen molar-refractivity contribution in [3.05, 3.63) is 29.3 Å². The minimum absolute atomic E-state index is 0.108. The SMILES string of the molecule is CCOc1c(F)cc(F)cc1C(C)CN. The number of halogens is 2. The average Bonchev–Trinajstić information content (AvgIpc) is 2.20. The molecule has 0 aromatic heterocycles. The van der Waals surface area contributed by atoms with Gasteiger partial charge in [-0.25, -0.2) is 8.78 Å². The first kappa shape index (κ1) is 11.9. The zero-order chi connectivity index (χ0) is 11.4. The van der Waals surface area contributed by atoms with E-state index in [1.807, 2.05) is 0 Å². The molecule has 0 fully saturated rings. The molecule has 0 aliphatic heterocycles. The lowest BCUT2D eigenvalue weighted by molar-refractivity contribution is 0.314. The van der Waals surface area contributed by atoms with Crippen LogP contribution in [0.1, 0.15) is 25.3 Å². The van der Waals surface area contributed by atoms with Gasteiger partial charge < -0.3 is 10.5 Å². The first-order chi connectivity index (χ1) is 7.10. The number of hydrogen-bond donors (Lipinski definition) is 1. The van der Waals surface area contributed by atoms with E-state index in [0.717, 1.165) is 6.07 Å². The fraction of sp³-hybridized carbons (Fsp3) is 0.455. The first-order valence-electron chi connectivity index (χ1n) is 4.92. The fourth-order valence-electron chi connectivity index (χ4n) is 1.37. The van der Waals surface area contributed by atoms with Gasteiger partial charge in [-0.3, -0.25) is 0 Å². The number of ether oxygens (including phenoxy) is 1. The molecule has 1 unspecified atom stereocenters. The molecule has 2 nitrogen and oxygen atoms in total. The molecule has 0 radical (unpaired) electrons. The fourth-order valence-corrected chi connectivity index (χ4v) is 1.37. The molecule has 1 rings (SSSR count). The maximum Gasteiger partial charge on any atom is 0.168 e. The molecule has 84 valence electrons. The normalized spacial score (nSPS) is 12.6. The molecule has 0 aliphatic carbocycles. The van der Waals surface area contributed by atoms with Crippen molar-refractivity contribution in [1.29, 1.82) is 0 Å². The van der Waals surface area contributed by atoms with Gasteiger partial charge in [0.25, 0.3) is 0 Å². The third-order valence-corrected chi connectivity index (χ3v) is 2.21. The van der Waals surface area contributed by atoms with Crippen LogP contribution in [-0.2, 0) is 0 Å². The second-order valence-corrected chi connectivity index (χ2v) is 3.38. The lowest BCUT2D eigenvalue weighted by Gasteiger charge is -2.15. The Kier molecular flexibility index (Phi) is 4.03. The minimum atomic E-state index is -0.674. The van der Waals surface area contributed by atoms with Crippen LogP contribution < -0.4 is 10.5 Å². The number of benzene rings is 1. The third-order valence-electron chi connectivity index (χ3n) is 2.21. The molecule has 0 bridgehead atoms. The van der Waals surface area contributed by atoms with Crippen molar-refractivity contribution in [1.82, 2.24) is 0 Å². The summed E-state index contributed by atoms with van der Waals surface area (Å²) in [6, 6.07) is 2.09. The van der Waals surface area contributed by atoms with Crippen LogP contribution in [0.5, 0.6) is 5.75 Å². The largest absolute Gasteiger partial charge is 0.491 e. The highest BCUT2D eigenvalue weighted by molar-refractivity contribution is 5.38. The van der Waals surface area contributed by atoms with E-state index in [9.17, 15) is 8.78 Å². The smallest absolute Gasteiger partial charge is 0.168 e. The van der Waals surface area contributed by atoms with Gasteiger partial charge in [0.2, 0.25) is 0 Å². The highest BCUT2D eigenvalue weighted by Gasteiger charge is 2.16. The van der Waals surface area contributed by atoms with Crippen molar-refractivity contribution < 1.29 is 13.5 Å². The van der Waals surface area contributed by atoms with Gasteiger partial charge in [-0.2, -0.15) is 0 Å². The van der Waals surface area contributed by atoms with E-state index in [4.69, 9.17) is 10.5 Å². The predicted octanol–water partition coefficient (Wildman–Crippen LogP) is 2.43. The Hall–Kier alpha value is -1.16. The summed E-state index contributed by atoms with van der Waals surface area (Å²) < 4.78 is 31.5. The minimum Gasteiger partial charge on any atom is -0.491 e. The molecule has 0 amide bonds. The lowest BCUT2D eigenvalue weighted by Crippen LogP contribution is -2.12. The molecular formula is C11H15F2NO. The first-order valence-corrected chi connectivity index (χ1v) is 4.92. The predicted molar refractivity (Wildman–Crippen MR) is 55.0 cm³/mol. The molecule has 4 heteroatoms. The molecule has 0 heterocycles. The van der Waals surface area contributed by atoms with E-state index < -0.39 is 11.6 Å². The Bertz CT molecular complexity index is 342. The Morgan fingerprint density at radius 1 is 1.40 bits per heavy atom. The van der Waals surface area contributed by atoms with Gasteiger partial charge in [0, 0.05) is 11.6 Å². The van der Waals surface area contributed by atoms with Crippen LogP contribution in [0, 0.1) is 11.6 Å². The highest BCUT2D eigenvalue weighted by Crippen LogP contribution is 2.30. The van der Waals surface area contributed by atoms with Crippen molar-refractivity contribution >= 4 is 0 Å². The quantitative estimate of drug-likeness (QED) is 0.837. The van der Waals surface area contributed by atoms with Crippen LogP contribution >= 0.6 is 0 Å². The molecule has 1 atom stereocenters. The van der Waals surface area contributed by atoms with Crippen molar-refractivity contribution in [3.63, 3.8) is 0 Å². The summed E-state index contributed by atoms with van der Waals surface area (Å²) in [5.74, 6) is -1.30. The van der Waals surface area contributed by atoms with Gasteiger partial charge >= 0.3 is 0 Å². The van der Waals surface area contributed by atoms with Gasteiger partial charge in [0.1, 0.15) is 5.82 Å². The molecule has 2 N–H and O–H groups in total. The second kappa shape index (κ2) is 5.07. The Morgan fingerprint density at radius 2 is 2.07 bits per heavy atom. The van der Waals surface area contributed by atoms with E-state index in [1.54, 1.807) is 13.8 Å². The van der Waals surface area contributed by atoms with Crippen LogP contribution in [-0.4, -0.2) is 13.2 Å². The van der Waals surface area contributed by atoms with Crippen molar-refractivity contribution in [3.8, 4) is 5.75 Å². The molecule has 0 saturated carbocycles. The molecule has 15 heavy (non-hydrogen) atoms. The topological polar surface area (TPSA) is 35.2 Å². The van der Waals surface area contributed by atoms with E-state index in [0.29, 0.717) is 18.7 Å². The Balaban J connectivity index is 3.20. The Morgan fingerprint density at radius 3 is 2.60 bits per heavy atom. The van der Waals surface area contributed by atoms with E-state index >= 15 is 0 Å². The third kappa shape index (κ3) is 2.65. The summed E-state index contributed by atoms with van der Waals surface area (Å²) >= 11 is 0. The summed E-state index contributed by atoms with van der Waals surface area (Å²) in [6.45, 7) is 4.21. The summed E-state index contributed by atoms with van der Waals surface area (Å²) in [7, 11) is 0. The van der Waals surface area contributed by atoms with Crippen molar-refractivity contribution in [2.24, 2.45) is 5.73 Å². The number of rotatable bonds is 4. The van der Waals surface area contributed by atoms with Crippen molar-refractivity contribution in [2.75, 3.05) is 13.2 Å². The molecule has 1 aromatic rings. The van der Waals surface area contributed by atoms with E-state index in [1.165, 1.54) is 6.07 Å². The van der Waals surface area contributed by atoms with Crippen molar-refractivity contribution in [2.45, 2.75) is 19.8 Å². The van der Waals surface area contributed by atoms with Gasteiger partial charge in [-0.1, -0.05) is 6.92 Å².